The lowest BCUT2D eigenvalue weighted by Gasteiger charge is -2.17. The zero-order valence-electron chi connectivity index (χ0n) is 11.3. The van der Waals surface area contributed by atoms with Crippen LogP contribution < -0.4 is 5.73 Å². The second kappa shape index (κ2) is 6.38. The quantitative estimate of drug-likeness (QED) is 0.338. The molecule has 0 saturated heterocycles. The molecule has 0 fully saturated rings. The lowest BCUT2D eigenvalue weighted by molar-refractivity contribution is -0.127. The maximum Gasteiger partial charge on any atom is 0.237 e. The number of hydrogen-bond acceptors (Lipinski definition) is 5. The fourth-order valence-corrected chi connectivity index (χ4v) is 2.25. The van der Waals surface area contributed by atoms with Crippen molar-refractivity contribution >= 4 is 21.6 Å². The molecule has 0 aromatic heterocycles. The maximum absolute atomic E-state index is 11.7. The number of nitrogens with two attached hydrogens (primary N) is 1. The Hall–Kier alpha value is -2.09. The number of amides is 1. The molecule has 1 aromatic carbocycles. The van der Waals surface area contributed by atoms with Crippen molar-refractivity contribution in [3.63, 3.8) is 0 Å². The van der Waals surface area contributed by atoms with Gasteiger partial charge in [0.2, 0.25) is 5.91 Å². The van der Waals surface area contributed by atoms with E-state index >= 15 is 0 Å². The van der Waals surface area contributed by atoms with Crippen LogP contribution in [0.2, 0.25) is 0 Å². The largest absolute Gasteiger partial charge is 0.409 e. The summed E-state index contributed by atoms with van der Waals surface area (Å²) in [6.07, 6.45) is 1.01. The average molecular weight is 299 g/mol. The van der Waals surface area contributed by atoms with Crippen LogP contribution in [0.4, 0.5) is 0 Å². The number of benzene rings is 1. The van der Waals surface area contributed by atoms with Gasteiger partial charge in [0.05, 0.1) is 0 Å². The van der Waals surface area contributed by atoms with Gasteiger partial charge < -0.3 is 15.8 Å². The fourth-order valence-electron chi connectivity index (χ4n) is 1.58. The topological polar surface area (TPSA) is 113 Å². The van der Waals surface area contributed by atoms with Crippen molar-refractivity contribution in [2.24, 2.45) is 10.9 Å². The Kier molecular flexibility index (Phi) is 5.09. The number of nitrogens with zero attached hydrogens (tertiary/aromatic N) is 2. The third kappa shape index (κ3) is 4.88. The van der Waals surface area contributed by atoms with Crippen LogP contribution in [0, 0.1) is 0 Å². The third-order valence-corrected chi connectivity index (χ3v) is 3.33. The minimum atomic E-state index is -3.35. The Morgan fingerprint density at radius 2 is 2.10 bits per heavy atom. The van der Waals surface area contributed by atoms with E-state index in [9.17, 15) is 13.2 Å². The second-order valence-electron chi connectivity index (χ2n) is 4.51. The summed E-state index contributed by atoms with van der Waals surface area (Å²) in [5.74, 6) is -1.04. The van der Waals surface area contributed by atoms with E-state index in [0.29, 0.717) is 5.56 Å². The van der Waals surface area contributed by atoms with E-state index in [4.69, 9.17) is 10.9 Å². The molecule has 0 atom stereocenters. The molecule has 110 valence electrons. The van der Waals surface area contributed by atoms with E-state index in [1.807, 2.05) is 0 Å². The van der Waals surface area contributed by atoms with Crippen molar-refractivity contribution in [3.8, 4) is 0 Å². The maximum atomic E-state index is 11.7. The van der Waals surface area contributed by atoms with Crippen molar-refractivity contribution in [1.29, 1.82) is 0 Å². The monoisotopic (exact) mass is 299 g/mol. The molecule has 0 aliphatic carbocycles. The van der Waals surface area contributed by atoms with Crippen molar-refractivity contribution in [3.05, 3.63) is 35.4 Å². The lowest BCUT2D eigenvalue weighted by atomic mass is 10.1. The summed E-state index contributed by atoms with van der Waals surface area (Å²) in [7, 11) is -1.83. The summed E-state index contributed by atoms with van der Waals surface area (Å²) in [5.41, 5.74) is 6.75. The molecule has 0 saturated carbocycles. The van der Waals surface area contributed by atoms with E-state index in [-0.39, 0.29) is 12.4 Å². The molecule has 0 aliphatic heterocycles. The molecule has 0 aliphatic rings. The highest BCUT2D eigenvalue weighted by atomic mass is 32.2. The van der Waals surface area contributed by atoms with E-state index < -0.39 is 21.5 Å². The van der Waals surface area contributed by atoms with Gasteiger partial charge in [-0.1, -0.05) is 23.4 Å². The van der Waals surface area contributed by atoms with Gasteiger partial charge in [0.1, 0.15) is 5.75 Å². The first-order valence-electron chi connectivity index (χ1n) is 5.71. The zero-order valence-corrected chi connectivity index (χ0v) is 12.1. The molecule has 1 amide bonds. The van der Waals surface area contributed by atoms with Crippen LogP contribution >= 0.6 is 0 Å². The van der Waals surface area contributed by atoms with E-state index in [2.05, 4.69) is 5.16 Å². The average Bonchev–Trinajstić information content (AvgIpc) is 2.36. The minimum Gasteiger partial charge on any atom is -0.409 e. The standard InChI is InChI=1S/C12H17N3O4S/c1-15(11(16)8-20(2,18)19)7-9-4-3-5-10(6-9)12(13)14-17/h3-6,17H,7-8H2,1-2H3,(H2,13,14). The van der Waals surface area contributed by atoms with Gasteiger partial charge in [-0.25, -0.2) is 8.42 Å². The normalized spacial score (nSPS) is 12.2. The van der Waals surface area contributed by atoms with Crippen LogP contribution in [0.3, 0.4) is 0 Å². The number of oxime groups is 1. The SMILES string of the molecule is CN(Cc1cccc(C(N)=NO)c1)C(=O)CS(C)(=O)=O. The van der Waals surface area contributed by atoms with Gasteiger partial charge in [0.15, 0.2) is 15.7 Å². The highest BCUT2D eigenvalue weighted by molar-refractivity contribution is 7.91. The molecule has 0 spiro atoms. The second-order valence-corrected chi connectivity index (χ2v) is 6.65. The molecule has 8 heteroatoms. The van der Waals surface area contributed by atoms with Crippen LogP contribution in [0.25, 0.3) is 0 Å². The molecule has 20 heavy (non-hydrogen) atoms. The molecule has 7 nitrogen and oxygen atoms in total. The molecular formula is C12H17N3O4S. The zero-order chi connectivity index (χ0) is 15.3. The first-order chi connectivity index (χ1) is 9.23. The number of amidine groups is 1. The molecule has 3 N–H and O–H groups in total. The van der Waals surface area contributed by atoms with Crippen LogP contribution in [0.1, 0.15) is 11.1 Å². The number of carbonyl (C=O) groups excluding carboxylic acids is 1. The number of carbonyl (C=O) groups is 1. The van der Waals surface area contributed by atoms with Crippen molar-refractivity contribution in [2.75, 3.05) is 19.1 Å². The fraction of sp³-hybridized carbons (Fsp3) is 0.333. The van der Waals surface area contributed by atoms with Crippen molar-refractivity contribution < 1.29 is 18.4 Å². The van der Waals surface area contributed by atoms with E-state index in [1.165, 1.54) is 11.9 Å². The van der Waals surface area contributed by atoms with Crippen LogP contribution in [-0.4, -0.2) is 49.3 Å². The van der Waals surface area contributed by atoms with Gasteiger partial charge in [-0.2, -0.15) is 0 Å². The van der Waals surface area contributed by atoms with Crippen LogP contribution in [0.5, 0.6) is 0 Å². The Labute approximate surface area is 117 Å². The van der Waals surface area contributed by atoms with Gasteiger partial charge >= 0.3 is 0 Å². The third-order valence-electron chi connectivity index (χ3n) is 2.56. The Morgan fingerprint density at radius 3 is 2.65 bits per heavy atom. The summed E-state index contributed by atoms with van der Waals surface area (Å²) in [5, 5.41) is 11.5. The molecule has 1 aromatic rings. The highest BCUT2D eigenvalue weighted by Gasteiger charge is 2.15. The molecule has 1 rings (SSSR count). The molecule has 0 heterocycles. The predicted molar refractivity (Wildman–Crippen MR) is 75.1 cm³/mol. The summed E-state index contributed by atoms with van der Waals surface area (Å²) in [6.45, 7) is 0.237. The van der Waals surface area contributed by atoms with Gasteiger partial charge in [-0.05, 0) is 11.6 Å². The van der Waals surface area contributed by atoms with E-state index in [0.717, 1.165) is 11.8 Å². The van der Waals surface area contributed by atoms with Crippen LogP contribution in [0.15, 0.2) is 29.4 Å². The number of rotatable bonds is 5. The summed E-state index contributed by atoms with van der Waals surface area (Å²) in [4.78, 5) is 13.0. The van der Waals surface area contributed by atoms with Gasteiger partial charge in [0, 0.05) is 25.4 Å². The Bertz CT molecular complexity index is 625. The highest BCUT2D eigenvalue weighted by Crippen LogP contribution is 2.08. The smallest absolute Gasteiger partial charge is 0.237 e. The first kappa shape index (κ1) is 16.0. The van der Waals surface area contributed by atoms with Gasteiger partial charge in [0.25, 0.3) is 0 Å². The van der Waals surface area contributed by atoms with E-state index in [1.54, 1.807) is 24.3 Å². The predicted octanol–water partition coefficient (Wildman–Crippen LogP) is -0.216. The Balaban J connectivity index is 2.81. The van der Waals surface area contributed by atoms with Crippen molar-refractivity contribution in [2.45, 2.75) is 6.54 Å². The lowest BCUT2D eigenvalue weighted by Crippen LogP contribution is -2.31. The Morgan fingerprint density at radius 1 is 1.45 bits per heavy atom. The van der Waals surface area contributed by atoms with Crippen LogP contribution in [-0.2, 0) is 21.2 Å². The first-order valence-corrected chi connectivity index (χ1v) is 7.77. The number of hydrogen-bond donors (Lipinski definition) is 2. The molecule has 0 radical (unpaired) electrons. The minimum absolute atomic E-state index is 0.0306. The van der Waals surface area contributed by atoms with Crippen molar-refractivity contribution in [1.82, 2.24) is 4.90 Å². The summed E-state index contributed by atoms with van der Waals surface area (Å²) >= 11 is 0. The summed E-state index contributed by atoms with van der Waals surface area (Å²) < 4.78 is 22.1. The molecule has 0 unspecified atom stereocenters. The summed E-state index contributed by atoms with van der Waals surface area (Å²) in [6, 6.07) is 6.80. The van der Waals surface area contributed by atoms with Gasteiger partial charge in [-0.15, -0.1) is 0 Å². The number of sulfone groups is 1. The van der Waals surface area contributed by atoms with Gasteiger partial charge in [-0.3, -0.25) is 4.79 Å². The molecule has 0 bridgehead atoms. The molecular weight excluding hydrogens is 282 g/mol.